The number of amides is 1. The van der Waals surface area contributed by atoms with E-state index in [0.29, 0.717) is 12.2 Å². The van der Waals surface area contributed by atoms with E-state index in [-0.39, 0.29) is 11.9 Å². The molecule has 0 spiro atoms. The Hall–Kier alpha value is -2.36. The molecule has 0 saturated heterocycles. The smallest absolute Gasteiger partial charge is 0.251 e. The van der Waals surface area contributed by atoms with Gasteiger partial charge in [0.2, 0.25) is 0 Å². The number of fused-ring (bicyclic) bond motifs is 1. The Kier molecular flexibility index (Phi) is 3.37. The maximum atomic E-state index is 12.3. The van der Waals surface area contributed by atoms with Crippen molar-refractivity contribution >= 4 is 5.91 Å². The van der Waals surface area contributed by atoms with Crippen LogP contribution in [0.15, 0.2) is 42.6 Å². The molecule has 0 saturated carbocycles. The van der Waals surface area contributed by atoms with Gasteiger partial charge in [-0.05, 0) is 31.2 Å². The molecule has 0 aliphatic carbocycles. The molecule has 3 rings (SSSR count). The fourth-order valence-corrected chi connectivity index (χ4v) is 2.30. The third-order valence-electron chi connectivity index (χ3n) is 3.41. The van der Waals surface area contributed by atoms with E-state index in [1.807, 2.05) is 43.3 Å². The van der Waals surface area contributed by atoms with Crippen LogP contribution in [0, 0.1) is 6.92 Å². The minimum absolute atomic E-state index is 0.0755. The Balaban J connectivity index is 1.79. The summed E-state index contributed by atoms with van der Waals surface area (Å²) in [5.41, 5.74) is 2.61. The maximum absolute atomic E-state index is 12.3. The fraction of sp³-hybridized carbons (Fsp3) is 0.250. The summed E-state index contributed by atoms with van der Waals surface area (Å²) in [6.45, 7) is 2.60. The van der Waals surface area contributed by atoms with Gasteiger partial charge < -0.3 is 10.1 Å². The Morgan fingerprint density at radius 3 is 2.90 bits per heavy atom. The van der Waals surface area contributed by atoms with E-state index < -0.39 is 0 Å². The Morgan fingerprint density at radius 2 is 2.10 bits per heavy atom. The highest BCUT2D eigenvalue weighted by Crippen LogP contribution is 2.29. The number of carbonyl (C=O) groups excluding carboxylic acids is 1. The monoisotopic (exact) mass is 268 g/mol. The zero-order chi connectivity index (χ0) is 13.9. The summed E-state index contributed by atoms with van der Waals surface area (Å²) in [7, 11) is 0. The summed E-state index contributed by atoms with van der Waals surface area (Å²) in [5.74, 6) is 0.682. The molecule has 4 heteroatoms. The Labute approximate surface area is 117 Å². The zero-order valence-corrected chi connectivity index (χ0v) is 11.3. The van der Waals surface area contributed by atoms with Crippen molar-refractivity contribution in [2.24, 2.45) is 0 Å². The molecule has 2 aromatic rings. The average molecular weight is 268 g/mol. The van der Waals surface area contributed by atoms with Gasteiger partial charge in [0, 0.05) is 18.2 Å². The van der Waals surface area contributed by atoms with Crippen LogP contribution in [0.2, 0.25) is 0 Å². The van der Waals surface area contributed by atoms with Crippen molar-refractivity contribution in [2.45, 2.75) is 19.4 Å². The molecule has 0 bridgehead atoms. The van der Waals surface area contributed by atoms with Crippen molar-refractivity contribution in [1.82, 2.24) is 10.3 Å². The number of benzene rings is 1. The number of hydrogen-bond acceptors (Lipinski definition) is 3. The average Bonchev–Trinajstić information content (AvgIpc) is 2.48. The van der Waals surface area contributed by atoms with E-state index in [0.717, 1.165) is 23.4 Å². The molecule has 1 aliphatic rings. The van der Waals surface area contributed by atoms with Gasteiger partial charge in [-0.25, -0.2) is 0 Å². The predicted octanol–water partition coefficient (Wildman–Crippen LogP) is 2.64. The molecule has 2 heterocycles. The second kappa shape index (κ2) is 5.33. The van der Waals surface area contributed by atoms with Gasteiger partial charge in [-0.15, -0.1) is 0 Å². The highest BCUT2D eigenvalue weighted by Gasteiger charge is 2.24. The summed E-state index contributed by atoms with van der Waals surface area (Å²) in [6, 6.07) is 11.2. The van der Waals surface area contributed by atoms with Crippen LogP contribution in [0.3, 0.4) is 0 Å². The quantitative estimate of drug-likeness (QED) is 0.911. The molecular formula is C16H16N2O2. The molecule has 0 fully saturated rings. The summed E-state index contributed by atoms with van der Waals surface area (Å²) in [4.78, 5) is 16.6. The first-order valence-electron chi connectivity index (χ1n) is 6.69. The minimum Gasteiger partial charge on any atom is -0.491 e. The van der Waals surface area contributed by atoms with Gasteiger partial charge in [0.05, 0.1) is 12.6 Å². The maximum Gasteiger partial charge on any atom is 0.251 e. The van der Waals surface area contributed by atoms with Crippen LogP contribution in [0.4, 0.5) is 0 Å². The molecule has 20 heavy (non-hydrogen) atoms. The predicted molar refractivity (Wildman–Crippen MR) is 75.7 cm³/mol. The standard InChI is InChI=1S/C16H16N2O2/c1-11-4-6-12(7-5-11)16(19)18-13-8-10-20-14-3-2-9-17-15(13)14/h2-7,9,13H,8,10H2,1H3,(H,18,19)/t13-/m1/s1. The molecule has 1 atom stereocenters. The number of ether oxygens (including phenoxy) is 1. The van der Waals surface area contributed by atoms with Crippen molar-refractivity contribution < 1.29 is 9.53 Å². The van der Waals surface area contributed by atoms with Crippen LogP contribution in [-0.2, 0) is 0 Å². The second-order valence-electron chi connectivity index (χ2n) is 4.92. The number of pyridine rings is 1. The molecule has 102 valence electrons. The molecule has 4 nitrogen and oxygen atoms in total. The van der Waals surface area contributed by atoms with E-state index in [9.17, 15) is 4.79 Å². The minimum atomic E-state index is -0.0891. The normalized spacial score (nSPS) is 16.9. The molecule has 1 N–H and O–H groups in total. The summed E-state index contributed by atoms with van der Waals surface area (Å²) >= 11 is 0. The SMILES string of the molecule is Cc1ccc(C(=O)N[C@@H]2CCOc3cccnc32)cc1. The topological polar surface area (TPSA) is 51.2 Å². The third-order valence-corrected chi connectivity index (χ3v) is 3.41. The van der Waals surface area contributed by atoms with Crippen LogP contribution in [-0.4, -0.2) is 17.5 Å². The van der Waals surface area contributed by atoms with Gasteiger partial charge in [0.25, 0.3) is 5.91 Å². The van der Waals surface area contributed by atoms with Crippen LogP contribution < -0.4 is 10.1 Å². The first kappa shape index (κ1) is 12.7. The Bertz CT molecular complexity index is 623. The molecule has 1 amide bonds. The van der Waals surface area contributed by atoms with E-state index in [1.54, 1.807) is 6.20 Å². The van der Waals surface area contributed by atoms with Crippen molar-refractivity contribution in [1.29, 1.82) is 0 Å². The number of nitrogens with one attached hydrogen (secondary N) is 1. The molecule has 1 aromatic heterocycles. The number of hydrogen-bond donors (Lipinski definition) is 1. The number of aryl methyl sites for hydroxylation is 1. The number of carbonyl (C=O) groups is 1. The van der Waals surface area contributed by atoms with Crippen molar-refractivity contribution in [3.63, 3.8) is 0 Å². The van der Waals surface area contributed by atoms with Crippen LogP contribution in [0.5, 0.6) is 5.75 Å². The van der Waals surface area contributed by atoms with E-state index in [4.69, 9.17) is 4.74 Å². The van der Waals surface area contributed by atoms with Gasteiger partial charge >= 0.3 is 0 Å². The van der Waals surface area contributed by atoms with Crippen molar-refractivity contribution in [2.75, 3.05) is 6.61 Å². The van der Waals surface area contributed by atoms with E-state index >= 15 is 0 Å². The third kappa shape index (κ3) is 2.50. The highest BCUT2D eigenvalue weighted by atomic mass is 16.5. The summed E-state index contributed by atoms with van der Waals surface area (Å²) < 4.78 is 5.54. The lowest BCUT2D eigenvalue weighted by molar-refractivity contribution is 0.0923. The number of rotatable bonds is 2. The summed E-state index contributed by atoms with van der Waals surface area (Å²) in [6.07, 6.45) is 2.46. The molecular weight excluding hydrogens is 252 g/mol. The first-order chi connectivity index (χ1) is 9.74. The van der Waals surface area contributed by atoms with Crippen molar-refractivity contribution in [3.05, 3.63) is 59.4 Å². The van der Waals surface area contributed by atoms with Crippen LogP contribution >= 0.6 is 0 Å². The van der Waals surface area contributed by atoms with E-state index in [2.05, 4.69) is 10.3 Å². The number of nitrogens with zero attached hydrogens (tertiary/aromatic N) is 1. The van der Waals surface area contributed by atoms with Gasteiger partial charge in [-0.1, -0.05) is 17.7 Å². The lowest BCUT2D eigenvalue weighted by Crippen LogP contribution is -2.32. The van der Waals surface area contributed by atoms with E-state index in [1.165, 1.54) is 0 Å². The number of aromatic nitrogens is 1. The van der Waals surface area contributed by atoms with Gasteiger partial charge in [0.1, 0.15) is 11.4 Å². The highest BCUT2D eigenvalue weighted by molar-refractivity contribution is 5.94. The largest absolute Gasteiger partial charge is 0.491 e. The molecule has 0 radical (unpaired) electrons. The lowest BCUT2D eigenvalue weighted by Gasteiger charge is -2.25. The van der Waals surface area contributed by atoms with Crippen molar-refractivity contribution in [3.8, 4) is 5.75 Å². The van der Waals surface area contributed by atoms with Crippen LogP contribution in [0.25, 0.3) is 0 Å². The molecule has 1 aliphatic heterocycles. The van der Waals surface area contributed by atoms with Gasteiger partial charge in [-0.3, -0.25) is 9.78 Å². The van der Waals surface area contributed by atoms with Crippen LogP contribution in [0.1, 0.15) is 34.1 Å². The second-order valence-corrected chi connectivity index (χ2v) is 4.92. The van der Waals surface area contributed by atoms with Gasteiger partial charge in [-0.2, -0.15) is 0 Å². The Morgan fingerprint density at radius 1 is 1.30 bits per heavy atom. The lowest BCUT2D eigenvalue weighted by atomic mass is 10.1. The zero-order valence-electron chi connectivity index (χ0n) is 11.3. The first-order valence-corrected chi connectivity index (χ1v) is 6.69. The summed E-state index contributed by atoms with van der Waals surface area (Å²) in [5, 5.41) is 3.03. The van der Waals surface area contributed by atoms with Gasteiger partial charge in [0.15, 0.2) is 0 Å². The molecule has 1 aromatic carbocycles. The fourth-order valence-electron chi connectivity index (χ4n) is 2.30. The molecule has 0 unspecified atom stereocenters.